The molecule has 204 valence electrons. The van der Waals surface area contributed by atoms with Crippen LogP contribution in [0.3, 0.4) is 0 Å². The third-order valence-corrected chi connectivity index (χ3v) is 2.99. The van der Waals surface area contributed by atoms with Crippen LogP contribution in [0.4, 0.5) is 0 Å². The van der Waals surface area contributed by atoms with Crippen molar-refractivity contribution in [2.45, 2.75) is 48.8 Å². The first-order valence-electron chi connectivity index (χ1n) is 6.91. The van der Waals surface area contributed by atoms with Crippen LogP contribution < -0.4 is 10.2 Å². The van der Waals surface area contributed by atoms with Crippen LogP contribution in [-0.2, 0) is 9.59 Å². The third kappa shape index (κ3) is 21.8. The van der Waals surface area contributed by atoms with Gasteiger partial charge in [-0.3, -0.25) is 0 Å². The molecule has 0 radical (unpaired) electrons. The van der Waals surface area contributed by atoms with Gasteiger partial charge in [0.15, 0.2) is 0 Å². The van der Waals surface area contributed by atoms with Crippen LogP contribution >= 0.6 is 0 Å². The molecule has 20 nitrogen and oxygen atoms in total. The van der Waals surface area contributed by atoms with E-state index in [4.69, 9.17) is 51.1 Å². The van der Waals surface area contributed by atoms with Gasteiger partial charge in [0.2, 0.25) is 0 Å². The third-order valence-electron chi connectivity index (χ3n) is 2.99. The van der Waals surface area contributed by atoms with Crippen LogP contribution in [0.25, 0.3) is 0 Å². The Kier molecular flexibility index (Phi) is 52.4. The maximum absolute atomic E-state index is 9.98. The van der Waals surface area contributed by atoms with Crippen molar-refractivity contribution in [2.24, 2.45) is 0 Å². The molecule has 0 saturated heterocycles. The van der Waals surface area contributed by atoms with E-state index >= 15 is 0 Å². The zero-order valence-electron chi connectivity index (χ0n) is 16.8. The number of aliphatic hydroxyl groups is 10. The van der Waals surface area contributed by atoms with Crippen molar-refractivity contribution in [3.05, 3.63) is 0 Å². The molecular formula is C12H34CaO20. The minimum absolute atomic E-state index is 0. The summed E-state index contributed by atoms with van der Waals surface area (Å²) in [6.45, 7) is -1.73. The number of carbonyl (C=O) groups excluding carboxylic acids is 2. The molecule has 0 aromatic rings. The second-order valence-corrected chi connectivity index (χ2v) is 4.99. The van der Waals surface area contributed by atoms with Crippen LogP contribution in [0.5, 0.6) is 0 Å². The van der Waals surface area contributed by atoms with Crippen molar-refractivity contribution >= 4 is 49.7 Å². The predicted octanol–water partition coefficient (Wildman–Crippen LogP) is -15.0. The first-order chi connectivity index (χ1) is 11.8. The van der Waals surface area contributed by atoms with E-state index in [-0.39, 0.29) is 70.6 Å². The van der Waals surface area contributed by atoms with E-state index in [0.717, 1.165) is 0 Å². The Morgan fingerprint density at radius 1 is 0.515 bits per heavy atom. The van der Waals surface area contributed by atoms with E-state index in [1.54, 1.807) is 0 Å². The number of carboxylic acids is 2. The topological polar surface area (TPSA) is 472 Å². The SMILES string of the molecule is O.O.O.O.O.O.O=C([O-])[C@H](O)[C@@H](O)[C@H](O)[C@H](O)CO.O=C([O-])[C@H](O)[C@@H](O)[C@H](O)[C@H](O)CO.[Ca+2]. The first kappa shape index (κ1) is 58.4. The number of rotatable bonds is 10. The summed E-state index contributed by atoms with van der Waals surface area (Å²) in [5.74, 6) is -3.95. The molecule has 22 N–H and O–H groups in total. The number of hydrogen-bond acceptors (Lipinski definition) is 14. The van der Waals surface area contributed by atoms with Gasteiger partial charge in [-0.1, -0.05) is 0 Å². The number of carboxylic acid groups (broad SMARTS) is 2. The Bertz CT molecular complexity index is 390. The van der Waals surface area contributed by atoms with Gasteiger partial charge in [0, 0.05) is 0 Å². The van der Waals surface area contributed by atoms with E-state index in [0.29, 0.717) is 0 Å². The van der Waals surface area contributed by atoms with E-state index in [2.05, 4.69) is 0 Å². The average molecular weight is 538 g/mol. The summed E-state index contributed by atoms with van der Waals surface area (Å²) >= 11 is 0. The molecule has 0 aliphatic rings. The zero-order chi connectivity index (χ0) is 21.2. The molecule has 0 aliphatic carbocycles. The number of carbonyl (C=O) groups is 2. The fraction of sp³-hybridized carbons (Fsp3) is 0.833. The Hall–Kier alpha value is -0.440. The van der Waals surface area contributed by atoms with Crippen molar-refractivity contribution < 1.29 is 104 Å². The van der Waals surface area contributed by atoms with E-state index in [1.807, 2.05) is 0 Å². The van der Waals surface area contributed by atoms with Gasteiger partial charge in [-0.05, 0) is 0 Å². The summed E-state index contributed by atoms with van der Waals surface area (Å²) < 4.78 is 0. The maximum atomic E-state index is 9.98. The Morgan fingerprint density at radius 3 is 0.818 bits per heavy atom. The summed E-state index contributed by atoms with van der Waals surface area (Å²) in [5.41, 5.74) is 0. The summed E-state index contributed by atoms with van der Waals surface area (Å²) in [4.78, 5) is 20.0. The largest absolute Gasteiger partial charge is 2.00 e. The second-order valence-electron chi connectivity index (χ2n) is 4.99. The molecule has 0 heterocycles. The van der Waals surface area contributed by atoms with Crippen LogP contribution in [-0.4, -0.2) is 196 Å². The Labute approximate surface area is 215 Å². The molecular weight excluding hydrogens is 504 g/mol. The summed E-state index contributed by atoms with van der Waals surface area (Å²) in [5, 5.41) is 107. The smallest absolute Gasteiger partial charge is 0.547 e. The fourth-order valence-electron chi connectivity index (χ4n) is 1.32. The minimum atomic E-state index is -2.31. The maximum Gasteiger partial charge on any atom is 2.00 e. The molecule has 21 heteroatoms. The van der Waals surface area contributed by atoms with Crippen LogP contribution in [0, 0.1) is 0 Å². The normalized spacial score (nSPS) is 16.1. The summed E-state index contributed by atoms with van der Waals surface area (Å²) in [6, 6.07) is 0. The van der Waals surface area contributed by atoms with E-state index in [1.165, 1.54) is 0 Å². The van der Waals surface area contributed by atoms with Gasteiger partial charge in [0.25, 0.3) is 0 Å². The van der Waals surface area contributed by atoms with Crippen molar-refractivity contribution in [3.63, 3.8) is 0 Å². The predicted molar refractivity (Wildman–Crippen MR) is 99.7 cm³/mol. The molecule has 33 heavy (non-hydrogen) atoms. The Morgan fingerprint density at radius 2 is 0.697 bits per heavy atom. The van der Waals surface area contributed by atoms with Crippen LogP contribution in [0.1, 0.15) is 0 Å². The van der Waals surface area contributed by atoms with Crippen molar-refractivity contribution in [1.82, 2.24) is 0 Å². The first-order valence-corrected chi connectivity index (χ1v) is 6.91. The van der Waals surface area contributed by atoms with Crippen LogP contribution in [0.15, 0.2) is 0 Å². The molecule has 0 bridgehead atoms. The standard InChI is InChI=1S/2C6H12O7.Ca.6H2O/c2*7-1-2(8)3(9)4(10)5(11)6(12)13;;;;;;;/h2*2-5,7-11H,1H2,(H,12,13);;6*1H2/q;;+2;;;;;;/p-2/t2*2-,3-,4+,5-;;;;;;;/m11......./s1. The van der Waals surface area contributed by atoms with Crippen LogP contribution in [0.2, 0.25) is 0 Å². The molecule has 0 spiro atoms. The van der Waals surface area contributed by atoms with Gasteiger partial charge in [-0.2, -0.15) is 0 Å². The molecule has 0 saturated carbocycles. The van der Waals surface area contributed by atoms with Crippen molar-refractivity contribution in [1.29, 1.82) is 0 Å². The summed E-state index contributed by atoms with van der Waals surface area (Å²) in [6.07, 6.45) is -16.2. The fourth-order valence-corrected chi connectivity index (χ4v) is 1.32. The van der Waals surface area contributed by atoms with E-state index < -0.39 is 74.0 Å². The molecule has 0 amide bonds. The van der Waals surface area contributed by atoms with Crippen molar-refractivity contribution in [2.75, 3.05) is 13.2 Å². The van der Waals surface area contributed by atoms with Crippen molar-refractivity contribution in [3.8, 4) is 0 Å². The van der Waals surface area contributed by atoms with Gasteiger partial charge in [-0.25, -0.2) is 0 Å². The molecule has 0 aromatic heterocycles. The van der Waals surface area contributed by atoms with Gasteiger partial charge < -0.3 is 104 Å². The summed E-state index contributed by atoms with van der Waals surface area (Å²) in [7, 11) is 0. The second kappa shape index (κ2) is 29.6. The number of aliphatic hydroxyl groups excluding tert-OH is 10. The number of aliphatic carboxylic acids is 2. The quantitative estimate of drug-likeness (QED) is 0.115. The monoisotopic (exact) mass is 538 g/mol. The minimum Gasteiger partial charge on any atom is -0.547 e. The van der Waals surface area contributed by atoms with Gasteiger partial charge >= 0.3 is 37.7 Å². The average Bonchev–Trinajstić information content (AvgIpc) is 2.62. The molecule has 0 unspecified atom stereocenters. The number of hydrogen-bond donors (Lipinski definition) is 10. The molecule has 0 aliphatic heterocycles. The molecule has 0 aromatic carbocycles. The molecule has 0 fully saturated rings. The molecule has 8 atom stereocenters. The van der Waals surface area contributed by atoms with Gasteiger partial charge in [0.1, 0.15) is 48.8 Å². The molecule has 0 rings (SSSR count). The Balaban J connectivity index is -0.0000000411. The zero-order valence-corrected chi connectivity index (χ0v) is 19.1. The van der Waals surface area contributed by atoms with Gasteiger partial charge in [0.05, 0.1) is 25.2 Å². The van der Waals surface area contributed by atoms with E-state index in [9.17, 15) is 19.8 Å². The van der Waals surface area contributed by atoms with Gasteiger partial charge in [-0.15, -0.1) is 0 Å².